The van der Waals surface area contributed by atoms with E-state index in [1.807, 2.05) is 0 Å². The molecule has 0 bridgehead atoms. The van der Waals surface area contributed by atoms with Crippen molar-refractivity contribution in [3.8, 4) is 0 Å². The van der Waals surface area contributed by atoms with Gasteiger partial charge >= 0.3 is 5.97 Å². The van der Waals surface area contributed by atoms with Crippen molar-refractivity contribution in [1.82, 2.24) is 5.32 Å². The van der Waals surface area contributed by atoms with E-state index in [4.69, 9.17) is 0 Å². The van der Waals surface area contributed by atoms with Gasteiger partial charge in [0.15, 0.2) is 0 Å². The Morgan fingerprint density at radius 2 is 1.89 bits per heavy atom. The van der Waals surface area contributed by atoms with Crippen LogP contribution >= 0.6 is 0 Å². The van der Waals surface area contributed by atoms with Crippen molar-refractivity contribution < 1.29 is 9.90 Å². The van der Waals surface area contributed by atoms with E-state index in [9.17, 15) is 9.90 Å². The summed E-state index contributed by atoms with van der Waals surface area (Å²) < 4.78 is 0. The Kier molecular flexibility index (Phi) is 7.44. The summed E-state index contributed by atoms with van der Waals surface area (Å²) >= 11 is 0. The van der Waals surface area contributed by atoms with Crippen molar-refractivity contribution in [2.75, 3.05) is 6.54 Å². The zero-order valence-corrected chi connectivity index (χ0v) is 12.8. The fraction of sp³-hybridized carbons (Fsp3) is 0.938. The molecule has 0 aromatic rings. The van der Waals surface area contributed by atoms with Crippen LogP contribution in [0.3, 0.4) is 0 Å². The van der Waals surface area contributed by atoms with Gasteiger partial charge < -0.3 is 10.4 Å². The van der Waals surface area contributed by atoms with Crippen molar-refractivity contribution in [3.63, 3.8) is 0 Å². The van der Waals surface area contributed by atoms with Crippen LogP contribution in [0.5, 0.6) is 0 Å². The van der Waals surface area contributed by atoms with E-state index in [0.29, 0.717) is 18.5 Å². The second-order valence-electron chi connectivity index (χ2n) is 6.70. The molecule has 1 rings (SSSR count). The molecule has 1 saturated carbocycles. The number of hydrogen-bond donors (Lipinski definition) is 2. The third-order valence-electron chi connectivity index (χ3n) is 4.30. The molecule has 1 aliphatic carbocycles. The van der Waals surface area contributed by atoms with Gasteiger partial charge in [-0.2, -0.15) is 0 Å². The number of aliphatic carboxylic acids is 1. The van der Waals surface area contributed by atoms with Crippen LogP contribution in [0, 0.1) is 17.8 Å². The Bertz CT molecular complexity index is 259. The van der Waals surface area contributed by atoms with Crippen molar-refractivity contribution in [3.05, 3.63) is 0 Å². The van der Waals surface area contributed by atoms with Gasteiger partial charge in [-0.1, -0.05) is 39.5 Å². The van der Waals surface area contributed by atoms with E-state index in [2.05, 4.69) is 26.1 Å². The highest BCUT2D eigenvalue weighted by Crippen LogP contribution is 2.28. The molecule has 0 aromatic carbocycles. The van der Waals surface area contributed by atoms with Crippen LogP contribution in [0.25, 0.3) is 0 Å². The van der Waals surface area contributed by atoms with Crippen LogP contribution in [0.4, 0.5) is 0 Å². The summed E-state index contributed by atoms with van der Waals surface area (Å²) in [6.07, 6.45) is 8.85. The summed E-state index contributed by atoms with van der Waals surface area (Å²) in [6, 6.07) is 0.439. The number of carboxylic acid groups (broad SMARTS) is 1. The molecular weight excluding hydrogens is 238 g/mol. The van der Waals surface area contributed by atoms with Gasteiger partial charge in [0, 0.05) is 12.6 Å². The molecule has 0 spiro atoms. The Hall–Kier alpha value is -0.570. The van der Waals surface area contributed by atoms with E-state index in [0.717, 1.165) is 12.3 Å². The van der Waals surface area contributed by atoms with Crippen molar-refractivity contribution >= 4 is 5.97 Å². The van der Waals surface area contributed by atoms with Crippen molar-refractivity contribution in [2.24, 2.45) is 17.8 Å². The largest absolute Gasteiger partial charge is 0.481 e. The quantitative estimate of drug-likeness (QED) is 0.671. The third kappa shape index (κ3) is 6.95. The normalized spacial score (nSPS) is 19.8. The Morgan fingerprint density at radius 1 is 1.26 bits per heavy atom. The summed E-state index contributed by atoms with van der Waals surface area (Å²) in [5.74, 6) is 0.463. The second kappa shape index (κ2) is 8.57. The average molecular weight is 269 g/mol. The minimum atomic E-state index is -0.663. The zero-order valence-electron chi connectivity index (χ0n) is 12.8. The topological polar surface area (TPSA) is 49.3 Å². The Balaban J connectivity index is 2.18. The first-order chi connectivity index (χ1) is 8.99. The van der Waals surface area contributed by atoms with Crippen LogP contribution in [0.15, 0.2) is 0 Å². The molecule has 0 amide bonds. The number of rotatable bonds is 9. The first-order valence-corrected chi connectivity index (χ1v) is 7.95. The smallest absolute Gasteiger partial charge is 0.307 e. The molecule has 0 saturated heterocycles. The standard InChI is InChI=1S/C16H31NO2/c1-12(2)10-15(16(18)19)11-17-13(3)8-9-14-6-4-5-7-14/h12-15,17H,4-11H2,1-3H3,(H,18,19). The van der Waals surface area contributed by atoms with Gasteiger partial charge in [-0.05, 0) is 38.0 Å². The molecule has 1 aliphatic rings. The van der Waals surface area contributed by atoms with Gasteiger partial charge in [0.05, 0.1) is 5.92 Å². The molecule has 1 fully saturated rings. The minimum Gasteiger partial charge on any atom is -0.481 e. The summed E-state index contributed by atoms with van der Waals surface area (Å²) in [5.41, 5.74) is 0. The van der Waals surface area contributed by atoms with Gasteiger partial charge in [-0.3, -0.25) is 4.79 Å². The maximum Gasteiger partial charge on any atom is 0.307 e. The minimum absolute atomic E-state index is 0.242. The average Bonchev–Trinajstić information content (AvgIpc) is 2.84. The molecule has 2 atom stereocenters. The molecule has 0 heterocycles. The molecule has 3 heteroatoms. The van der Waals surface area contributed by atoms with Gasteiger partial charge in [-0.25, -0.2) is 0 Å². The molecule has 2 unspecified atom stereocenters. The predicted molar refractivity (Wildman–Crippen MR) is 79.2 cm³/mol. The highest BCUT2D eigenvalue weighted by atomic mass is 16.4. The van der Waals surface area contributed by atoms with Crippen molar-refractivity contribution in [1.29, 1.82) is 0 Å². The lowest BCUT2D eigenvalue weighted by atomic mass is 9.96. The highest BCUT2D eigenvalue weighted by molar-refractivity contribution is 5.70. The molecule has 112 valence electrons. The van der Waals surface area contributed by atoms with Gasteiger partial charge in [0.2, 0.25) is 0 Å². The number of hydrogen-bond acceptors (Lipinski definition) is 2. The molecule has 2 N–H and O–H groups in total. The van der Waals surface area contributed by atoms with E-state index < -0.39 is 5.97 Å². The molecular formula is C16H31NO2. The lowest BCUT2D eigenvalue weighted by Gasteiger charge is -2.20. The lowest BCUT2D eigenvalue weighted by Crippen LogP contribution is -2.35. The summed E-state index contributed by atoms with van der Waals surface area (Å²) in [4.78, 5) is 11.2. The first-order valence-electron chi connectivity index (χ1n) is 7.95. The Morgan fingerprint density at radius 3 is 2.42 bits per heavy atom. The monoisotopic (exact) mass is 269 g/mol. The van der Waals surface area contributed by atoms with Crippen LogP contribution in [0.2, 0.25) is 0 Å². The lowest BCUT2D eigenvalue weighted by molar-refractivity contribution is -0.142. The van der Waals surface area contributed by atoms with Crippen LogP contribution in [-0.2, 0) is 4.79 Å². The summed E-state index contributed by atoms with van der Waals surface area (Å²) in [6.45, 7) is 6.96. The Labute approximate surface area is 118 Å². The maximum atomic E-state index is 11.2. The molecule has 0 aromatic heterocycles. The van der Waals surface area contributed by atoms with E-state index >= 15 is 0 Å². The van der Waals surface area contributed by atoms with Crippen LogP contribution in [-0.4, -0.2) is 23.7 Å². The second-order valence-corrected chi connectivity index (χ2v) is 6.70. The fourth-order valence-electron chi connectivity index (χ4n) is 3.07. The van der Waals surface area contributed by atoms with E-state index in [-0.39, 0.29) is 5.92 Å². The molecule has 0 radical (unpaired) electrons. The van der Waals surface area contributed by atoms with E-state index in [1.165, 1.54) is 38.5 Å². The zero-order chi connectivity index (χ0) is 14.3. The third-order valence-corrected chi connectivity index (χ3v) is 4.30. The summed E-state index contributed by atoms with van der Waals surface area (Å²) in [7, 11) is 0. The maximum absolute atomic E-state index is 11.2. The summed E-state index contributed by atoms with van der Waals surface area (Å²) in [5, 5.41) is 12.6. The van der Waals surface area contributed by atoms with Gasteiger partial charge in [-0.15, -0.1) is 0 Å². The number of nitrogens with one attached hydrogen (secondary N) is 1. The van der Waals surface area contributed by atoms with Crippen molar-refractivity contribution in [2.45, 2.75) is 71.8 Å². The molecule has 0 aliphatic heterocycles. The SMILES string of the molecule is CC(C)CC(CNC(C)CCC1CCCC1)C(=O)O. The first kappa shape index (κ1) is 16.5. The molecule has 3 nitrogen and oxygen atoms in total. The number of carbonyl (C=O) groups is 1. The number of carboxylic acids is 1. The highest BCUT2D eigenvalue weighted by Gasteiger charge is 2.20. The predicted octanol–water partition coefficient (Wildman–Crippen LogP) is 3.68. The van der Waals surface area contributed by atoms with Gasteiger partial charge in [0.25, 0.3) is 0 Å². The molecule has 19 heavy (non-hydrogen) atoms. The fourth-order valence-corrected chi connectivity index (χ4v) is 3.07. The van der Waals surface area contributed by atoms with Crippen LogP contribution in [0.1, 0.15) is 65.7 Å². The van der Waals surface area contributed by atoms with Crippen LogP contribution < -0.4 is 5.32 Å². The van der Waals surface area contributed by atoms with Gasteiger partial charge in [0.1, 0.15) is 0 Å². The van der Waals surface area contributed by atoms with E-state index in [1.54, 1.807) is 0 Å².